The van der Waals surface area contributed by atoms with Crippen LogP contribution < -0.4 is 10.6 Å². The second-order valence-electron chi connectivity index (χ2n) is 4.67. The number of amides is 2. The molecule has 2 amide bonds. The van der Waals surface area contributed by atoms with Gasteiger partial charge < -0.3 is 25.6 Å². The molecule has 0 saturated carbocycles. The second kappa shape index (κ2) is 8.36. The lowest BCUT2D eigenvalue weighted by Gasteiger charge is -2.22. The lowest BCUT2D eigenvalue weighted by atomic mass is 10.1. The number of nitrogens with one attached hydrogen (secondary N) is 2. The zero-order valence-electron chi connectivity index (χ0n) is 11.1. The molecule has 0 aromatic rings. The fourth-order valence-corrected chi connectivity index (χ4v) is 1.97. The zero-order chi connectivity index (χ0) is 15.0. The molecule has 0 bridgehead atoms. The van der Waals surface area contributed by atoms with E-state index in [1.165, 1.54) is 0 Å². The first-order valence-electron chi connectivity index (χ1n) is 6.59. The largest absolute Gasteiger partial charge is 0.481 e. The van der Waals surface area contributed by atoms with Gasteiger partial charge in [0, 0.05) is 13.2 Å². The average molecular weight is 288 g/mol. The van der Waals surface area contributed by atoms with Gasteiger partial charge in [0.15, 0.2) is 0 Å². The van der Waals surface area contributed by atoms with E-state index in [0.29, 0.717) is 13.0 Å². The Morgan fingerprint density at radius 3 is 2.55 bits per heavy atom. The third kappa shape index (κ3) is 6.37. The normalized spacial score (nSPS) is 19.9. The van der Waals surface area contributed by atoms with Crippen molar-refractivity contribution in [2.75, 3.05) is 13.2 Å². The molecule has 8 nitrogen and oxygen atoms in total. The maximum absolute atomic E-state index is 11.5. The minimum absolute atomic E-state index is 0.123. The van der Waals surface area contributed by atoms with Crippen molar-refractivity contribution in [2.45, 2.75) is 44.2 Å². The molecule has 1 rings (SSSR count). The Balaban J connectivity index is 2.23. The summed E-state index contributed by atoms with van der Waals surface area (Å²) in [5, 5.41) is 21.9. The van der Waals surface area contributed by atoms with Crippen molar-refractivity contribution in [3.63, 3.8) is 0 Å². The Kier molecular flexibility index (Phi) is 6.78. The number of carbonyl (C=O) groups is 3. The predicted octanol–water partition coefficient (Wildman–Crippen LogP) is 0.173. The van der Waals surface area contributed by atoms with Crippen molar-refractivity contribution in [1.82, 2.24) is 10.6 Å². The summed E-state index contributed by atoms with van der Waals surface area (Å²) < 4.78 is 5.49. The van der Waals surface area contributed by atoms with Gasteiger partial charge in [0.05, 0.1) is 12.5 Å². The van der Waals surface area contributed by atoms with Crippen LogP contribution in [0.4, 0.5) is 4.79 Å². The van der Waals surface area contributed by atoms with Crippen LogP contribution in [0.3, 0.4) is 0 Å². The molecule has 2 atom stereocenters. The number of carboxylic acids is 2. The lowest BCUT2D eigenvalue weighted by Crippen LogP contribution is -2.47. The maximum Gasteiger partial charge on any atom is 0.326 e. The molecule has 0 radical (unpaired) electrons. The summed E-state index contributed by atoms with van der Waals surface area (Å²) in [6.07, 6.45) is 3.24. The van der Waals surface area contributed by atoms with Gasteiger partial charge in [-0.05, 0) is 25.7 Å². The van der Waals surface area contributed by atoms with Gasteiger partial charge in [-0.3, -0.25) is 4.79 Å². The number of carboxylic acid groups (broad SMARTS) is 2. The Labute approximate surface area is 116 Å². The van der Waals surface area contributed by atoms with Crippen LogP contribution in [0, 0.1) is 0 Å². The smallest absolute Gasteiger partial charge is 0.326 e. The van der Waals surface area contributed by atoms with Crippen LogP contribution in [-0.2, 0) is 14.3 Å². The van der Waals surface area contributed by atoms with Crippen LogP contribution in [0.1, 0.15) is 32.1 Å². The van der Waals surface area contributed by atoms with Gasteiger partial charge in [-0.2, -0.15) is 0 Å². The molecule has 1 aliphatic heterocycles. The van der Waals surface area contributed by atoms with E-state index in [1.807, 2.05) is 0 Å². The molecule has 4 N–H and O–H groups in total. The molecule has 114 valence electrons. The Morgan fingerprint density at radius 1 is 1.25 bits per heavy atom. The van der Waals surface area contributed by atoms with E-state index in [1.54, 1.807) is 0 Å². The fourth-order valence-electron chi connectivity index (χ4n) is 1.97. The average Bonchev–Trinajstić information content (AvgIpc) is 2.38. The summed E-state index contributed by atoms with van der Waals surface area (Å²) in [5.74, 6) is -2.66. The summed E-state index contributed by atoms with van der Waals surface area (Å²) in [6, 6.07) is -2.12. The fraction of sp³-hybridized carbons (Fsp3) is 0.750. The number of ether oxygens (including phenoxy) is 1. The predicted molar refractivity (Wildman–Crippen MR) is 68.4 cm³/mol. The summed E-state index contributed by atoms with van der Waals surface area (Å²) in [4.78, 5) is 32.7. The molecular weight excluding hydrogens is 268 g/mol. The molecule has 0 spiro atoms. The van der Waals surface area contributed by atoms with E-state index < -0.39 is 30.4 Å². The minimum atomic E-state index is -1.43. The van der Waals surface area contributed by atoms with Crippen molar-refractivity contribution >= 4 is 18.0 Å². The highest BCUT2D eigenvalue weighted by atomic mass is 16.5. The van der Waals surface area contributed by atoms with Crippen LogP contribution in [0.25, 0.3) is 0 Å². The molecule has 1 fully saturated rings. The zero-order valence-corrected chi connectivity index (χ0v) is 11.1. The summed E-state index contributed by atoms with van der Waals surface area (Å²) in [6.45, 7) is 1.09. The number of hydrogen-bond acceptors (Lipinski definition) is 4. The first-order chi connectivity index (χ1) is 9.49. The van der Waals surface area contributed by atoms with Crippen LogP contribution in [-0.4, -0.2) is 53.5 Å². The summed E-state index contributed by atoms with van der Waals surface area (Å²) in [5.41, 5.74) is 0. The van der Waals surface area contributed by atoms with Gasteiger partial charge in [0.25, 0.3) is 0 Å². The molecule has 0 aromatic heterocycles. The quantitative estimate of drug-likeness (QED) is 0.529. The molecule has 8 heteroatoms. The summed E-state index contributed by atoms with van der Waals surface area (Å²) >= 11 is 0. The van der Waals surface area contributed by atoms with Crippen LogP contribution in [0.15, 0.2) is 0 Å². The van der Waals surface area contributed by atoms with E-state index in [9.17, 15) is 14.4 Å². The van der Waals surface area contributed by atoms with E-state index in [2.05, 4.69) is 10.6 Å². The van der Waals surface area contributed by atoms with Gasteiger partial charge in [0.1, 0.15) is 6.04 Å². The Hall–Kier alpha value is -1.83. The lowest BCUT2D eigenvalue weighted by molar-refractivity contribution is -0.145. The molecule has 0 aliphatic carbocycles. The number of hydrogen-bond donors (Lipinski definition) is 4. The molecule has 1 aliphatic rings. The molecule has 1 saturated heterocycles. The third-order valence-corrected chi connectivity index (χ3v) is 3.01. The maximum atomic E-state index is 11.5. The highest BCUT2D eigenvalue weighted by Crippen LogP contribution is 2.14. The van der Waals surface area contributed by atoms with Crippen molar-refractivity contribution in [3.05, 3.63) is 0 Å². The van der Waals surface area contributed by atoms with Crippen molar-refractivity contribution in [2.24, 2.45) is 0 Å². The van der Waals surface area contributed by atoms with E-state index >= 15 is 0 Å². The second-order valence-corrected chi connectivity index (χ2v) is 4.67. The van der Waals surface area contributed by atoms with Gasteiger partial charge in [-0.25, -0.2) is 9.59 Å². The monoisotopic (exact) mass is 288 g/mol. The van der Waals surface area contributed by atoms with Crippen LogP contribution in [0.5, 0.6) is 0 Å². The van der Waals surface area contributed by atoms with Gasteiger partial charge in [0.2, 0.25) is 0 Å². The Bertz CT molecular complexity index is 354. The first kappa shape index (κ1) is 16.2. The molecule has 1 heterocycles. The van der Waals surface area contributed by atoms with Crippen LogP contribution in [0.2, 0.25) is 0 Å². The van der Waals surface area contributed by atoms with Gasteiger partial charge >= 0.3 is 18.0 Å². The highest BCUT2D eigenvalue weighted by molar-refractivity contribution is 5.86. The minimum Gasteiger partial charge on any atom is -0.481 e. The number of carbonyl (C=O) groups excluding carboxylic acids is 1. The van der Waals surface area contributed by atoms with Gasteiger partial charge in [-0.1, -0.05) is 0 Å². The first-order valence-corrected chi connectivity index (χ1v) is 6.59. The number of aliphatic carboxylic acids is 2. The van der Waals surface area contributed by atoms with E-state index in [-0.39, 0.29) is 6.10 Å². The standard InChI is InChI=1S/C12H20N2O6/c15-10(16)7-9(11(17)18)14-12(19)13-5-4-8-3-1-2-6-20-8/h8-9H,1-7H2,(H,15,16)(H,17,18)(H2,13,14,19). The molecule has 20 heavy (non-hydrogen) atoms. The number of urea groups is 1. The van der Waals surface area contributed by atoms with E-state index in [0.717, 1.165) is 25.9 Å². The topological polar surface area (TPSA) is 125 Å². The highest BCUT2D eigenvalue weighted by Gasteiger charge is 2.23. The molecular formula is C12H20N2O6. The molecule has 2 unspecified atom stereocenters. The molecule has 0 aromatic carbocycles. The van der Waals surface area contributed by atoms with Gasteiger partial charge in [-0.15, -0.1) is 0 Å². The summed E-state index contributed by atoms with van der Waals surface area (Å²) in [7, 11) is 0. The van der Waals surface area contributed by atoms with Crippen molar-refractivity contribution in [3.8, 4) is 0 Å². The SMILES string of the molecule is O=C(O)CC(NC(=O)NCCC1CCCCO1)C(=O)O. The van der Waals surface area contributed by atoms with Crippen LogP contribution >= 0.6 is 0 Å². The Morgan fingerprint density at radius 2 is 2.00 bits per heavy atom. The van der Waals surface area contributed by atoms with Crippen molar-refractivity contribution in [1.29, 1.82) is 0 Å². The number of rotatable bonds is 7. The van der Waals surface area contributed by atoms with Crippen molar-refractivity contribution < 1.29 is 29.3 Å². The van der Waals surface area contributed by atoms with E-state index in [4.69, 9.17) is 14.9 Å². The third-order valence-electron chi connectivity index (χ3n) is 3.01.